The normalized spacial score (nSPS) is 10.4. The van der Waals surface area contributed by atoms with Crippen molar-refractivity contribution in [3.63, 3.8) is 0 Å². The van der Waals surface area contributed by atoms with Crippen molar-refractivity contribution >= 4 is 34.0 Å². The SMILES string of the molecule is N#Cc1ccc(N=Nc2ccc(I)cc2)cc1. The number of benzene rings is 2. The Balaban J connectivity index is 2.14. The van der Waals surface area contributed by atoms with Crippen LogP contribution in [0.4, 0.5) is 11.4 Å². The first-order valence-electron chi connectivity index (χ1n) is 4.95. The minimum atomic E-state index is 0.623. The Morgan fingerprint density at radius 1 is 0.824 bits per heavy atom. The molecule has 0 amide bonds. The van der Waals surface area contributed by atoms with Gasteiger partial charge >= 0.3 is 0 Å². The molecule has 17 heavy (non-hydrogen) atoms. The van der Waals surface area contributed by atoms with E-state index in [2.05, 4.69) is 38.9 Å². The minimum absolute atomic E-state index is 0.623. The Bertz CT molecular complexity index is 565. The van der Waals surface area contributed by atoms with Gasteiger partial charge in [-0.1, -0.05) is 0 Å². The fourth-order valence-corrected chi connectivity index (χ4v) is 1.59. The lowest BCUT2D eigenvalue weighted by atomic mass is 10.2. The van der Waals surface area contributed by atoms with Gasteiger partial charge in [-0.15, -0.1) is 0 Å². The van der Waals surface area contributed by atoms with Crippen molar-refractivity contribution in [1.82, 2.24) is 0 Å². The molecule has 0 N–H and O–H groups in total. The highest BCUT2D eigenvalue weighted by molar-refractivity contribution is 14.1. The van der Waals surface area contributed by atoms with Gasteiger partial charge in [0.15, 0.2) is 0 Å². The predicted molar refractivity (Wildman–Crippen MR) is 74.5 cm³/mol. The Kier molecular flexibility index (Phi) is 3.83. The van der Waals surface area contributed by atoms with E-state index in [1.165, 1.54) is 3.57 Å². The molecule has 0 aliphatic rings. The number of nitrogens with zero attached hydrogens (tertiary/aromatic N) is 3. The number of hydrogen-bond donors (Lipinski definition) is 0. The molecule has 0 heterocycles. The molecule has 0 bridgehead atoms. The molecule has 2 aromatic rings. The molecule has 0 aliphatic carbocycles. The molecule has 0 saturated heterocycles. The summed E-state index contributed by atoms with van der Waals surface area (Å²) < 4.78 is 1.17. The summed E-state index contributed by atoms with van der Waals surface area (Å²) in [6.07, 6.45) is 0. The molecule has 4 heteroatoms. The highest BCUT2D eigenvalue weighted by Gasteiger charge is 1.92. The van der Waals surface area contributed by atoms with Crippen LogP contribution >= 0.6 is 22.6 Å². The van der Waals surface area contributed by atoms with Crippen LogP contribution < -0.4 is 0 Å². The van der Waals surface area contributed by atoms with E-state index in [0.717, 1.165) is 11.4 Å². The summed E-state index contributed by atoms with van der Waals surface area (Å²) in [6.45, 7) is 0. The molecular formula is C13H8IN3. The van der Waals surface area contributed by atoms with Crippen molar-refractivity contribution in [2.24, 2.45) is 10.2 Å². The summed E-state index contributed by atoms with van der Waals surface area (Å²) in [4.78, 5) is 0. The van der Waals surface area contributed by atoms with Crippen molar-refractivity contribution in [2.45, 2.75) is 0 Å². The predicted octanol–water partition coefficient (Wildman–Crippen LogP) is 4.58. The highest BCUT2D eigenvalue weighted by Crippen LogP contribution is 2.19. The molecule has 0 unspecified atom stereocenters. The van der Waals surface area contributed by atoms with Crippen LogP contribution in [0.2, 0.25) is 0 Å². The van der Waals surface area contributed by atoms with Crippen LogP contribution in [-0.2, 0) is 0 Å². The second-order valence-electron chi connectivity index (χ2n) is 3.34. The summed E-state index contributed by atoms with van der Waals surface area (Å²) in [6, 6.07) is 16.8. The highest BCUT2D eigenvalue weighted by atomic mass is 127. The van der Waals surface area contributed by atoms with Crippen molar-refractivity contribution in [3.05, 3.63) is 57.7 Å². The van der Waals surface area contributed by atoms with E-state index in [1.54, 1.807) is 24.3 Å². The van der Waals surface area contributed by atoms with Crippen LogP contribution in [0.3, 0.4) is 0 Å². The van der Waals surface area contributed by atoms with E-state index in [0.29, 0.717) is 5.56 Å². The topological polar surface area (TPSA) is 48.5 Å². The lowest BCUT2D eigenvalue weighted by Gasteiger charge is -1.94. The van der Waals surface area contributed by atoms with Crippen LogP contribution in [0.1, 0.15) is 5.56 Å². The second-order valence-corrected chi connectivity index (χ2v) is 4.58. The zero-order chi connectivity index (χ0) is 12.1. The minimum Gasteiger partial charge on any atom is -0.192 e. The Labute approximate surface area is 113 Å². The fraction of sp³-hybridized carbons (Fsp3) is 0. The number of rotatable bonds is 2. The Morgan fingerprint density at radius 2 is 1.29 bits per heavy atom. The van der Waals surface area contributed by atoms with Gasteiger partial charge in [-0.25, -0.2) is 0 Å². The zero-order valence-corrected chi connectivity index (χ0v) is 11.0. The summed E-state index contributed by atoms with van der Waals surface area (Å²) in [5, 5.41) is 16.9. The average Bonchev–Trinajstić information content (AvgIpc) is 2.39. The molecule has 0 radical (unpaired) electrons. The van der Waals surface area contributed by atoms with Crippen molar-refractivity contribution in [1.29, 1.82) is 5.26 Å². The first-order valence-corrected chi connectivity index (χ1v) is 6.03. The number of nitriles is 1. The summed E-state index contributed by atoms with van der Waals surface area (Å²) in [5.41, 5.74) is 2.18. The van der Waals surface area contributed by atoms with E-state index in [9.17, 15) is 0 Å². The summed E-state index contributed by atoms with van der Waals surface area (Å²) in [7, 11) is 0. The van der Waals surface area contributed by atoms with Gasteiger partial charge in [0.2, 0.25) is 0 Å². The smallest absolute Gasteiger partial charge is 0.0991 e. The molecule has 0 aromatic heterocycles. The number of hydrogen-bond acceptors (Lipinski definition) is 3. The molecule has 82 valence electrons. The van der Waals surface area contributed by atoms with E-state index >= 15 is 0 Å². The lowest BCUT2D eigenvalue weighted by Crippen LogP contribution is -1.71. The number of halogens is 1. The third-order valence-electron chi connectivity index (χ3n) is 2.10. The van der Waals surface area contributed by atoms with E-state index in [1.807, 2.05) is 24.3 Å². The largest absolute Gasteiger partial charge is 0.192 e. The second kappa shape index (κ2) is 5.55. The summed E-state index contributed by atoms with van der Waals surface area (Å²) in [5.74, 6) is 0. The van der Waals surface area contributed by atoms with Crippen molar-refractivity contribution in [3.8, 4) is 6.07 Å². The van der Waals surface area contributed by atoms with E-state index in [4.69, 9.17) is 5.26 Å². The standard InChI is InChI=1S/C13H8IN3/c14-11-3-7-13(8-4-11)17-16-12-5-1-10(9-15)2-6-12/h1-8H. The third-order valence-corrected chi connectivity index (χ3v) is 2.82. The maximum absolute atomic E-state index is 8.66. The van der Waals surface area contributed by atoms with Crippen LogP contribution in [0.15, 0.2) is 58.8 Å². The van der Waals surface area contributed by atoms with Crippen molar-refractivity contribution < 1.29 is 0 Å². The first-order chi connectivity index (χ1) is 8.28. The molecule has 3 nitrogen and oxygen atoms in total. The third kappa shape index (κ3) is 3.36. The fourth-order valence-electron chi connectivity index (χ4n) is 1.23. The van der Waals surface area contributed by atoms with Gasteiger partial charge in [-0.05, 0) is 71.1 Å². The molecule has 0 fully saturated rings. The maximum atomic E-state index is 8.66. The quantitative estimate of drug-likeness (QED) is 0.586. The molecular weight excluding hydrogens is 325 g/mol. The number of azo groups is 1. The van der Waals surface area contributed by atoms with Crippen LogP contribution in [0.5, 0.6) is 0 Å². The van der Waals surface area contributed by atoms with Gasteiger partial charge in [-0.3, -0.25) is 0 Å². The molecule has 0 spiro atoms. The van der Waals surface area contributed by atoms with Gasteiger partial charge in [0, 0.05) is 3.57 Å². The average molecular weight is 333 g/mol. The Morgan fingerprint density at radius 3 is 1.76 bits per heavy atom. The molecule has 0 aliphatic heterocycles. The Hall–Kier alpha value is -1.74. The zero-order valence-electron chi connectivity index (χ0n) is 8.84. The first kappa shape index (κ1) is 11.7. The van der Waals surface area contributed by atoms with Gasteiger partial charge in [0.1, 0.15) is 0 Å². The van der Waals surface area contributed by atoms with Gasteiger partial charge in [0.25, 0.3) is 0 Å². The van der Waals surface area contributed by atoms with Crippen LogP contribution in [-0.4, -0.2) is 0 Å². The van der Waals surface area contributed by atoms with E-state index < -0.39 is 0 Å². The summed E-state index contributed by atoms with van der Waals surface area (Å²) >= 11 is 2.24. The van der Waals surface area contributed by atoms with Gasteiger partial charge < -0.3 is 0 Å². The molecule has 2 rings (SSSR count). The van der Waals surface area contributed by atoms with Gasteiger partial charge in [-0.2, -0.15) is 15.5 Å². The van der Waals surface area contributed by atoms with Crippen LogP contribution in [0.25, 0.3) is 0 Å². The molecule has 0 saturated carbocycles. The monoisotopic (exact) mass is 333 g/mol. The molecule has 2 aromatic carbocycles. The lowest BCUT2D eigenvalue weighted by molar-refractivity contribution is 1.23. The van der Waals surface area contributed by atoms with Gasteiger partial charge in [0.05, 0.1) is 23.0 Å². The molecule has 0 atom stereocenters. The van der Waals surface area contributed by atoms with E-state index in [-0.39, 0.29) is 0 Å². The van der Waals surface area contributed by atoms with Crippen molar-refractivity contribution in [2.75, 3.05) is 0 Å². The maximum Gasteiger partial charge on any atom is 0.0991 e. The van der Waals surface area contributed by atoms with Crippen LogP contribution in [0, 0.1) is 14.9 Å².